The standard InChI is InChI=1S/C16H22FN3/c1-12(2)18-11-14(10-16-7-8-20(3)19-16)13-5-4-6-15(17)9-13/h4-9,12,14,18H,10-11H2,1-3H3. The number of hydrogen-bond donors (Lipinski definition) is 1. The number of benzene rings is 1. The normalized spacial score (nSPS) is 12.8. The molecule has 1 aromatic carbocycles. The Morgan fingerprint density at radius 2 is 2.10 bits per heavy atom. The molecule has 0 fully saturated rings. The van der Waals surface area contributed by atoms with Crippen molar-refractivity contribution in [3.05, 3.63) is 53.6 Å². The van der Waals surface area contributed by atoms with E-state index >= 15 is 0 Å². The number of nitrogens with one attached hydrogen (secondary N) is 1. The van der Waals surface area contributed by atoms with E-state index in [9.17, 15) is 4.39 Å². The quantitative estimate of drug-likeness (QED) is 0.878. The molecule has 0 radical (unpaired) electrons. The predicted molar refractivity (Wildman–Crippen MR) is 79.2 cm³/mol. The average Bonchev–Trinajstić information content (AvgIpc) is 2.80. The first-order valence-corrected chi connectivity index (χ1v) is 7.02. The second kappa shape index (κ2) is 6.66. The molecule has 0 spiro atoms. The molecule has 0 amide bonds. The van der Waals surface area contributed by atoms with E-state index in [4.69, 9.17) is 0 Å². The Bertz CT molecular complexity index is 548. The van der Waals surface area contributed by atoms with Gasteiger partial charge in [-0.05, 0) is 30.2 Å². The maximum Gasteiger partial charge on any atom is 0.123 e. The van der Waals surface area contributed by atoms with Gasteiger partial charge < -0.3 is 5.32 Å². The van der Waals surface area contributed by atoms with Crippen LogP contribution < -0.4 is 5.32 Å². The van der Waals surface area contributed by atoms with E-state index in [0.717, 1.165) is 24.2 Å². The Balaban J connectivity index is 2.15. The molecule has 4 heteroatoms. The van der Waals surface area contributed by atoms with Crippen LogP contribution in [0.3, 0.4) is 0 Å². The maximum absolute atomic E-state index is 13.4. The zero-order valence-corrected chi connectivity index (χ0v) is 12.3. The lowest BCUT2D eigenvalue weighted by Crippen LogP contribution is -2.29. The Morgan fingerprint density at radius 3 is 2.70 bits per heavy atom. The molecule has 0 aliphatic carbocycles. The summed E-state index contributed by atoms with van der Waals surface area (Å²) in [6.07, 6.45) is 2.75. The van der Waals surface area contributed by atoms with E-state index in [1.54, 1.807) is 16.8 Å². The number of rotatable bonds is 6. The maximum atomic E-state index is 13.4. The van der Waals surface area contributed by atoms with E-state index in [0.29, 0.717) is 6.04 Å². The summed E-state index contributed by atoms with van der Waals surface area (Å²) < 4.78 is 15.2. The molecule has 3 nitrogen and oxygen atoms in total. The number of aryl methyl sites for hydroxylation is 1. The third-order valence-electron chi connectivity index (χ3n) is 3.32. The zero-order chi connectivity index (χ0) is 14.5. The van der Waals surface area contributed by atoms with Gasteiger partial charge in [-0.15, -0.1) is 0 Å². The van der Waals surface area contributed by atoms with Crippen molar-refractivity contribution in [3.63, 3.8) is 0 Å². The van der Waals surface area contributed by atoms with Gasteiger partial charge in [0.1, 0.15) is 5.82 Å². The molecule has 0 saturated carbocycles. The first-order chi connectivity index (χ1) is 9.54. The van der Waals surface area contributed by atoms with E-state index in [1.165, 1.54) is 6.07 Å². The van der Waals surface area contributed by atoms with Gasteiger partial charge in [-0.2, -0.15) is 5.10 Å². The summed E-state index contributed by atoms with van der Waals surface area (Å²) in [4.78, 5) is 0. The summed E-state index contributed by atoms with van der Waals surface area (Å²) in [5.41, 5.74) is 2.05. The molecule has 0 aliphatic heterocycles. The van der Waals surface area contributed by atoms with E-state index in [-0.39, 0.29) is 11.7 Å². The third kappa shape index (κ3) is 4.17. The average molecular weight is 275 g/mol. The summed E-state index contributed by atoms with van der Waals surface area (Å²) >= 11 is 0. The van der Waals surface area contributed by atoms with Gasteiger partial charge in [0.25, 0.3) is 0 Å². The fraction of sp³-hybridized carbons (Fsp3) is 0.438. The lowest BCUT2D eigenvalue weighted by Gasteiger charge is -2.19. The van der Waals surface area contributed by atoms with Crippen LogP contribution in [0.25, 0.3) is 0 Å². The van der Waals surface area contributed by atoms with Crippen LogP contribution in [-0.4, -0.2) is 22.4 Å². The van der Waals surface area contributed by atoms with Gasteiger partial charge in [-0.1, -0.05) is 26.0 Å². The van der Waals surface area contributed by atoms with Crippen molar-refractivity contribution in [3.8, 4) is 0 Å². The van der Waals surface area contributed by atoms with Crippen LogP contribution in [0, 0.1) is 5.82 Å². The van der Waals surface area contributed by atoms with Crippen LogP contribution in [0.2, 0.25) is 0 Å². The van der Waals surface area contributed by atoms with Crippen molar-refractivity contribution in [2.75, 3.05) is 6.54 Å². The predicted octanol–water partition coefficient (Wildman–Crippen LogP) is 2.88. The van der Waals surface area contributed by atoms with Crippen molar-refractivity contribution in [2.24, 2.45) is 7.05 Å². The van der Waals surface area contributed by atoms with Crippen molar-refractivity contribution in [1.29, 1.82) is 0 Å². The topological polar surface area (TPSA) is 29.9 Å². The summed E-state index contributed by atoms with van der Waals surface area (Å²) in [6, 6.07) is 9.29. The van der Waals surface area contributed by atoms with Crippen LogP contribution in [0.4, 0.5) is 4.39 Å². The lowest BCUT2D eigenvalue weighted by molar-refractivity contribution is 0.519. The molecule has 108 valence electrons. The second-order valence-electron chi connectivity index (χ2n) is 5.50. The molecule has 1 N–H and O–H groups in total. The second-order valence-corrected chi connectivity index (χ2v) is 5.50. The minimum absolute atomic E-state index is 0.182. The Labute approximate surface area is 119 Å². The molecular formula is C16H22FN3. The summed E-state index contributed by atoms with van der Waals surface area (Å²) in [5.74, 6) is 0.0427. The molecule has 2 aromatic rings. The smallest absolute Gasteiger partial charge is 0.123 e. The molecule has 20 heavy (non-hydrogen) atoms. The van der Waals surface area contributed by atoms with Gasteiger partial charge in [0.2, 0.25) is 0 Å². The Morgan fingerprint density at radius 1 is 1.30 bits per heavy atom. The van der Waals surface area contributed by atoms with E-state index < -0.39 is 0 Å². The van der Waals surface area contributed by atoms with Crippen molar-refractivity contribution in [2.45, 2.75) is 32.2 Å². The van der Waals surface area contributed by atoms with E-state index in [2.05, 4.69) is 24.3 Å². The van der Waals surface area contributed by atoms with Gasteiger partial charge in [0.15, 0.2) is 0 Å². The van der Waals surface area contributed by atoms with Crippen LogP contribution in [0.5, 0.6) is 0 Å². The first kappa shape index (κ1) is 14.7. The van der Waals surface area contributed by atoms with Gasteiger partial charge in [0, 0.05) is 31.7 Å². The number of nitrogens with zero attached hydrogens (tertiary/aromatic N) is 2. The van der Waals surface area contributed by atoms with Crippen LogP contribution in [0.1, 0.15) is 31.0 Å². The minimum atomic E-state index is -0.182. The number of hydrogen-bond acceptors (Lipinski definition) is 2. The number of halogens is 1. The zero-order valence-electron chi connectivity index (χ0n) is 12.3. The van der Waals surface area contributed by atoms with Gasteiger partial charge in [-0.25, -0.2) is 4.39 Å². The Hall–Kier alpha value is -1.68. The molecule has 0 bridgehead atoms. The molecule has 1 atom stereocenters. The van der Waals surface area contributed by atoms with Gasteiger partial charge >= 0.3 is 0 Å². The van der Waals surface area contributed by atoms with Gasteiger partial charge in [0.05, 0.1) is 5.69 Å². The van der Waals surface area contributed by atoms with Crippen molar-refractivity contribution < 1.29 is 4.39 Å². The highest BCUT2D eigenvalue weighted by Gasteiger charge is 2.15. The highest BCUT2D eigenvalue weighted by Crippen LogP contribution is 2.20. The largest absolute Gasteiger partial charge is 0.314 e. The fourth-order valence-corrected chi connectivity index (χ4v) is 2.27. The summed E-state index contributed by atoms with van der Waals surface area (Å²) in [7, 11) is 1.91. The SMILES string of the molecule is CC(C)NCC(Cc1ccn(C)n1)c1cccc(F)c1. The Kier molecular flexibility index (Phi) is 4.90. The van der Waals surface area contributed by atoms with Crippen LogP contribution in [-0.2, 0) is 13.5 Å². The third-order valence-corrected chi connectivity index (χ3v) is 3.32. The highest BCUT2D eigenvalue weighted by atomic mass is 19.1. The van der Waals surface area contributed by atoms with E-state index in [1.807, 2.05) is 25.4 Å². The molecule has 1 aromatic heterocycles. The molecule has 2 rings (SSSR count). The summed E-state index contributed by atoms with van der Waals surface area (Å²) in [5, 5.41) is 7.85. The molecular weight excluding hydrogens is 253 g/mol. The highest BCUT2D eigenvalue weighted by molar-refractivity contribution is 5.23. The molecule has 1 heterocycles. The van der Waals surface area contributed by atoms with Crippen molar-refractivity contribution in [1.82, 2.24) is 15.1 Å². The minimum Gasteiger partial charge on any atom is -0.314 e. The van der Waals surface area contributed by atoms with Crippen molar-refractivity contribution >= 4 is 0 Å². The van der Waals surface area contributed by atoms with Gasteiger partial charge in [-0.3, -0.25) is 4.68 Å². The van der Waals surface area contributed by atoms with Crippen LogP contribution >= 0.6 is 0 Å². The molecule has 0 aliphatic rings. The first-order valence-electron chi connectivity index (χ1n) is 7.02. The summed E-state index contributed by atoms with van der Waals surface area (Å²) in [6.45, 7) is 5.05. The molecule has 1 unspecified atom stereocenters. The lowest BCUT2D eigenvalue weighted by atomic mass is 9.94. The van der Waals surface area contributed by atoms with Crippen LogP contribution in [0.15, 0.2) is 36.5 Å². The number of aromatic nitrogens is 2. The fourth-order valence-electron chi connectivity index (χ4n) is 2.27. The molecule has 0 saturated heterocycles. The monoisotopic (exact) mass is 275 g/mol.